The minimum absolute atomic E-state index is 0.201. The zero-order valence-electron chi connectivity index (χ0n) is 11.5. The molecule has 0 saturated carbocycles. The lowest BCUT2D eigenvalue weighted by Gasteiger charge is -2.35. The fourth-order valence-electron chi connectivity index (χ4n) is 2.42. The summed E-state index contributed by atoms with van der Waals surface area (Å²) in [6, 6.07) is 3.94. The van der Waals surface area contributed by atoms with Gasteiger partial charge in [0.1, 0.15) is 6.04 Å². The molecule has 0 aliphatic carbocycles. The first-order chi connectivity index (χ1) is 9.93. The van der Waals surface area contributed by atoms with E-state index in [0.717, 1.165) is 0 Å². The van der Waals surface area contributed by atoms with Crippen LogP contribution in [0.1, 0.15) is 25.0 Å². The molecule has 7 heteroatoms. The van der Waals surface area contributed by atoms with E-state index >= 15 is 0 Å². The number of hydrogen-bond acceptors (Lipinski definition) is 3. The molecule has 2 amide bonds. The number of nitrogens with one attached hydrogen (secondary N) is 1. The van der Waals surface area contributed by atoms with Gasteiger partial charge in [0.05, 0.1) is 0 Å². The number of benzene rings is 1. The standard InChI is InChI=1S/C14H16Cl2N2O3/c1-2-11-13(20)17-3-4-18(11)14(21)12(19)8-5-9(15)7-10(16)6-8/h5-7,11-12,19H,2-4H2,1H3,(H,17,20). The van der Waals surface area contributed by atoms with Gasteiger partial charge in [0.2, 0.25) is 5.91 Å². The number of carbonyl (C=O) groups excluding carboxylic acids is 2. The number of amides is 2. The number of piperazine rings is 1. The van der Waals surface area contributed by atoms with E-state index in [2.05, 4.69) is 5.32 Å². The Morgan fingerprint density at radius 1 is 1.43 bits per heavy atom. The fraction of sp³-hybridized carbons (Fsp3) is 0.429. The second kappa shape index (κ2) is 6.64. The molecule has 1 aliphatic rings. The highest BCUT2D eigenvalue weighted by Gasteiger charge is 2.35. The third-order valence-corrected chi connectivity index (χ3v) is 3.87. The van der Waals surface area contributed by atoms with Crippen molar-refractivity contribution in [3.63, 3.8) is 0 Å². The van der Waals surface area contributed by atoms with Crippen LogP contribution in [0, 0.1) is 0 Å². The van der Waals surface area contributed by atoms with E-state index < -0.39 is 18.1 Å². The first-order valence-electron chi connectivity index (χ1n) is 6.66. The molecule has 2 unspecified atom stereocenters. The Hall–Kier alpha value is -1.30. The molecule has 0 spiro atoms. The normalized spacial score (nSPS) is 20.1. The van der Waals surface area contributed by atoms with Gasteiger partial charge in [-0.1, -0.05) is 30.1 Å². The molecule has 2 N–H and O–H groups in total. The van der Waals surface area contributed by atoms with Gasteiger partial charge in [0, 0.05) is 23.1 Å². The molecule has 1 fully saturated rings. The van der Waals surface area contributed by atoms with Crippen molar-refractivity contribution in [3.8, 4) is 0 Å². The van der Waals surface area contributed by atoms with Gasteiger partial charge in [0.25, 0.3) is 5.91 Å². The Morgan fingerprint density at radius 3 is 2.62 bits per heavy atom. The van der Waals surface area contributed by atoms with Crippen molar-refractivity contribution in [2.75, 3.05) is 13.1 Å². The molecular formula is C14H16Cl2N2O3. The Kier molecular flexibility index (Phi) is 5.08. The summed E-state index contributed by atoms with van der Waals surface area (Å²) in [5.41, 5.74) is 0.318. The predicted molar refractivity (Wildman–Crippen MR) is 80.2 cm³/mol. The summed E-state index contributed by atoms with van der Waals surface area (Å²) in [5, 5.41) is 13.6. The van der Waals surface area contributed by atoms with Gasteiger partial charge in [0.15, 0.2) is 6.10 Å². The number of aliphatic hydroxyl groups excluding tert-OH is 1. The van der Waals surface area contributed by atoms with Crippen molar-refractivity contribution >= 4 is 35.0 Å². The van der Waals surface area contributed by atoms with Crippen LogP contribution in [0.4, 0.5) is 0 Å². The molecule has 1 heterocycles. The summed E-state index contributed by atoms with van der Waals surface area (Å²) in [6.45, 7) is 2.57. The SMILES string of the molecule is CCC1C(=O)NCCN1C(=O)C(O)c1cc(Cl)cc(Cl)c1. The van der Waals surface area contributed by atoms with E-state index in [9.17, 15) is 14.7 Å². The largest absolute Gasteiger partial charge is 0.378 e. The van der Waals surface area contributed by atoms with Crippen LogP contribution in [0.2, 0.25) is 10.0 Å². The molecule has 1 aromatic carbocycles. The molecule has 5 nitrogen and oxygen atoms in total. The summed E-state index contributed by atoms with van der Waals surface area (Å²) in [6.07, 6.45) is -0.901. The average molecular weight is 331 g/mol. The molecule has 0 radical (unpaired) electrons. The van der Waals surface area contributed by atoms with Gasteiger partial charge in [-0.2, -0.15) is 0 Å². The highest BCUT2D eigenvalue weighted by atomic mass is 35.5. The smallest absolute Gasteiger partial charge is 0.256 e. The maximum atomic E-state index is 12.4. The lowest BCUT2D eigenvalue weighted by molar-refractivity contribution is -0.150. The molecule has 1 aromatic rings. The Bertz CT molecular complexity index is 545. The highest BCUT2D eigenvalue weighted by Crippen LogP contribution is 2.25. The zero-order valence-corrected chi connectivity index (χ0v) is 13.0. The quantitative estimate of drug-likeness (QED) is 0.887. The molecule has 2 atom stereocenters. The monoisotopic (exact) mass is 330 g/mol. The first kappa shape index (κ1) is 16.1. The van der Waals surface area contributed by atoms with Gasteiger partial charge < -0.3 is 15.3 Å². The third-order valence-electron chi connectivity index (χ3n) is 3.44. The molecule has 0 aromatic heterocycles. The number of aliphatic hydroxyl groups is 1. The maximum Gasteiger partial charge on any atom is 0.256 e. The van der Waals surface area contributed by atoms with E-state index in [1.165, 1.54) is 23.1 Å². The number of carbonyl (C=O) groups is 2. The number of rotatable bonds is 3. The van der Waals surface area contributed by atoms with Gasteiger partial charge >= 0.3 is 0 Å². The maximum absolute atomic E-state index is 12.4. The van der Waals surface area contributed by atoms with E-state index in [4.69, 9.17) is 23.2 Å². The van der Waals surface area contributed by atoms with E-state index in [1.807, 2.05) is 6.92 Å². The summed E-state index contributed by atoms with van der Waals surface area (Å²) < 4.78 is 0. The van der Waals surface area contributed by atoms with Crippen LogP contribution in [0.5, 0.6) is 0 Å². The lowest BCUT2D eigenvalue weighted by atomic mass is 10.0. The molecule has 2 rings (SSSR count). The summed E-state index contributed by atoms with van der Waals surface area (Å²) in [7, 11) is 0. The Balaban J connectivity index is 2.23. The van der Waals surface area contributed by atoms with Crippen molar-refractivity contribution in [3.05, 3.63) is 33.8 Å². The highest BCUT2D eigenvalue weighted by molar-refractivity contribution is 6.34. The van der Waals surface area contributed by atoms with Crippen LogP contribution < -0.4 is 5.32 Å². The zero-order chi connectivity index (χ0) is 15.6. The minimum Gasteiger partial charge on any atom is -0.378 e. The summed E-state index contributed by atoms with van der Waals surface area (Å²) >= 11 is 11.8. The topological polar surface area (TPSA) is 69.6 Å². The Labute approximate surface area is 132 Å². The number of nitrogens with zero attached hydrogens (tertiary/aromatic N) is 1. The molecular weight excluding hydrogens is 315 g/mol. The summed E-state index contributed by atoms with van der Waals surface area (Å²) in [5.74, 6) is -0.719. The van der Waals surface area contributed by atoms with Crippen LogP contribution in [0.3, 0.4) is 0 Å². The Morgan fingerprint density at radius 2 is 2.05 bits per heavy atom. The van der Waals surface area contributed by atoms with Gasteiger partial charge in [-0.05, 0) is 30.2 Å². The van der Waals surface area contributed by atoms with Gasteiger partial charge in [-0.15, -0.1) is 0 Å². The van der Waals surface area contributed by atoms with Crippen LogP contribution >= 0.6 is 23.2 Å². The average Bonchev–Trinajstić information content (AvgIpc) is 2.44. The van der Waals surface area contributed by atoms with E-state index in [0.29, 0.717) is 35.1 Å². The molecule has 114 valence electrons. The van der Waals surface area contributed by atoms with E-state index in [1.54, 1.807) is 0 Å². The van der Waals surface area contributed by atoms with Crippen LogP contribution in [-0.2, 0) is 9.59 Å². The second-order valence-electron chi connectivity index (χ2n) is 4.85. The van der Waals surface area contributed by atoms with Crippen molar-refractivity contribution in [2.45, 2.75) is 25.5 Å². The van der Waals surface area contributed by atoms with Crippen molar-refractivity contribution in [1.82, 2.24) is 10.2 Å². The van der Waals surface area contributed by atoms with Crippen LogP contribution in [0.15, 0.2) is 18.2 Å². The first-order valence-corrected chi connectivity index (χ1v) is 7.42. The summed E-state index contributed by atoms with van der Waals surface area (Å²) in [4.78, 5) is 25.6. The van der Waals surface area contributed by atoms with Crippen molar-refractivity contribution in [2.24, 2.45) is 0 Å². The van der Waals surface area contributed by atoms with Crippen molar-refractivity contribution < 1.29 is 14.7 Å². The number of hydrogen-bond donors (Lipinski definition) is 2. The number of halogens is 2. The second-order valence-corrected chi connectivity index (χ2v) is 5.72. The van der Waals surface area contributed by atoms with Gasteiger partial charge in [-0.3, -0.25) is 9.59 Å². The van der Waals surface area contributed by atoms with Crippen LogP contribution in [-0.4, -0.2) is 41.0 Å². The predicted octanol–water partition coefficient (Wildman–Crippen LogP) is 1.76. The molecule has 0 bridgehead atoms. The minimum atomic E-state index is -1.39. The van der Waals surface area contributed by atoms with Crippen LogP contribution in [0.25, 0.3) is 0 Å². The molecule has 1 aliphatic heterocycles. The van der Waals surface area contributed by atoms with Crippen molar-refractivity contribution in [1.29, 1.82) is 0 Å². The third kappa shape index (κ3) is 3.48. The fourth-order valence-corrected chi connectivity index (χ4v) is 2.96. The van der Waals surface area contributed by atoms with Gasteiger partial charge in [-0.25, -0.2) is 0 Å². The van der Waals surface area contributed by atoms with E-state index in [-0.39, 0.29) is 5.91 Å². The molecule has 21 heavy (non-hydrogen) atoms. The lowest BCUT2D eigenvalue weighted by Crippen LogP contribution is -2.57. The molecule has 1 saturated heterocycles.